The number of nitrogens with zero attached hydrogens (tertiary/aromatic N) is 1. The van der Waals surface area contributed by atoms with Crippen LogP contribution in [-0.4, -0.2) is 21.1 Å². The molecule has 2 heteroatoms. The fraction of sp³-hybridized carbons (Fsp3) is 0.400. The lowest BCUT2D eigenvalue weighted by Gasteiger charge is -2.24. The lowest BCUT2D eigenvalue weighted by atomic mass is 10.2. The molecule has 1 aromatic rings. The molecular formula is C10H17ClN+. The number of hydrogen-bond donors (Lipinski definition) is 0. The Kier molecular flexibility index (Phi) is 3.75. The van der Waals surface area contributed by atoms with E-state index in [1.165, 1.54) is 11.3 Å². The van der Waals surface area contributed by atoms with Gasteiger partial charge >= 0.3 is 0 Å². The molecule has 0 aromatic heterocycles. The van der Waals surface area contributed by atoms with Gasteiger partial charge in [-0.25, -0.2) is 0 Å². The van der Waals surface area contributed by atoms with Crippen LogP contribution in [0.5, 0.6) is 0 Å². The first-order valence-electron chi connectivity index (χ1n) is 3.89. The first kappa shape index (κ1) is 11.5. The fourth-order valence-electron chi connectivity index (χ4n) is 1.32. The van der Waals surface area contributed by atoms with E-state index in [9.17, 15) is 0 Å². The first-order chi connectivity index (χ1) is 5.02. The molecule has 0 atom stereocenters. The van der Waals surface area contributed by atoms with E-state index in [4.69, 9.17) is 0 Å². The molecule has 0 radical (unpaired) electrons. The Morgan fingerprint density at radius 2 is 1.50 bits per heavy atom. The molecule has 0 heterocycles. The van der Waals surface area contributed by atoms with Crippen molar-refractivity contribution in [3.8, 4) is 0 Å². The fourth-order valence-corrected chi connectivity index (χ4v) is 1.32. The SMILES string of the molecule is Cc1ccccc1[N+](C)(C)C.Cl. The molecule has 68 valence electrons. The minimum Gasteiger partial charge on any atom is -0.298 e. The molecule has 0 N–H and O–H groups in total. The highest BCUT2D eigenvalue weighted by Gasteiger charge is 2.13. The second-order valence-electron chi connectivity index (χ2n) is 3.80. The van der Waals surface area contributed by atoms with E-state index in [-0.39, 0.29) is 12.4 Å². The van der Waals surface area contributed by atoms with Crippen molar-refractivity contribution in [3.63, 3.8) is 0 Å². The van der Waals surface area contributed by atoms with Crippen LogP contribution in [0.3, 0.4) is 0 Å². The minimum atomic E-state index is 0. The third-order valence-corrected chi connectivity index (χ3v) is 1.84. The van der Waals surface area contributed by atoms with E-state index >= 15 is 0 Å². The lowest BCUT2D eigenvalue weighted by molar-refractivity contribution is 0.484. The summed E-state index contributed by atoms with van der Waals surface area (Å²) in [5.74, 6) is 0. The Morgan fingerprint density at radius 1 is 1.00 bits per heavy atom. The van der Waals surface area contributed by atoms with Gasteiger partial charge in [0.15, 0.2) is 0 Å². The van der Waals surface area contributed by atoms with E-state index in [0.29, 0.717) is 0 Å². The van der Waals surface area contributed by atoms with Crippen LogP contribution < -0.4 is 4.48 Å². The molecule has 0 saturated heterocycles. The van der Waals surface area contributed by atoms with Crippen molar-refractivity contribution >= 4 is 18.1 Å². The van der Waals surface area contributed by atoms with Crippen molar-refractivity contribution in [1.82, 2.24) is 4.48 Å². The number of rotatable bonds is 1. The summed E-state index contributed by atoms with van der Waals surface area (Å²) >= 11 is 0. The van der Waals surface area contributed by atoms with E-state index in [1.807, 2.05) is 0 Å². The largest absolute Gasteiger partial charge is 0.298 e. The molecule has 12 heavy (non-hydrogen) atoms. The van der Waals surface area contributed by atoms with Gasteiger partial charge < -0.3 is 0 Å². The summed E-state index contributed by atoms with van der Waals surface area (Å²) in [5.41, 5.74) is 2.74. The van der Waals surface area contributed by atoms with Gasteiger partial charge in [-0.2, -0.15) is 0 Å². The summed E-state index contributed by atoms with van der Waals surface area (Å²) in [6.07, 6.45) is 0. The van der Waals surface area contributed by atoms with Gasteiger partial charge in [0.25, 0.3) is 0 Å². The van der Waals surface area contributed by atoms with Gasteiger partial charge in [0.2, 0.25) is 0 Å². The van der Waals surface area contributed by atoms with E-state index < -0.39 is 0 Å². The van der Waals surface area contributed by atoms with Gasteiger partial charge in [0.1, 0.15) is 5.69 Å². The van der Waals surface area contributed by atoms with Gasteiger partial charge in [0.05, 0.1) is 21.1 Å². The molecule has 0 fully saturated rings. The van der Waals surface area contributed by atoms with Crippen LogP contribution in [0.25, 0.3) is 0 Å². The quantitative estimate of drug-likeness (QED) is 0.592. The zero-order valence-electron chi connectivity index (χ0n) is 8.16. The summed E-state index contributed by atoms with van der Waals surface area (Å²) in [6.45, 7) is 2.15. The van der Waals surface area contributed by atoms with Gasteiger partial charge in [-0.05, 0) is 13.0 Å². The number of aryl methyl sites for hydroxylation is 1. The molecule has 0 aliphatic carbocycles. The molecular weight excluding hydrogens is 170 g/mol. The maximum atomic E-state index is 2.18. The number of quaternary nitrogens is 1. The molecule has 0 spiro atoms. The Bertz CT molecular complexity index is 250. The van der Waals surface area contributed by atoms with Gasteiger partial charge in [0, 0.05) is 5.56 Å². The number of benzene rings is 1. The average Bonchev–Trinajstić information content (AvgIpc) is 1.86. The first-order valence-corrected chi connectivity index (χ1v) is 3.89. The highest BCUT2D eigenvalue weighted by Crippen LogP contribution is 2.20. The standard InChI is InChI=1S/C10H16N.ClH/c1-9-7-5-6-8-10(9)11(2,3)4;/h5-8H,1-4H3;1H/q+1;. The van der Waals surface area contributed by atoms with Crippen molar-refractivity contribution in [1.29, 1.82) is 0 Å². The van der Waals surface area contributed by atoms with Crippen molar-refractivity contribution in [2.24, 2.45) is 0 Å². The summed E-state index contributed by atoms with van der Waals surface area (Å²) in [5, 5.41) is 0. The smallest absolute Gasteiger partial charge is 0.135 e. The van der Waals surface area contributed by atoms with Crippen molar-refractivity contribution in [2.75, 3.05) is 21.1 Å². The van der Waals surface area contributed by atoms with E-state index in [1.54, 1.807) is 0 Å². The van der Waals surface area contributed by atoms with Crippen LogP contribution in [-0.2, 0) is 0 Å². The zero-order valence-corrected chi connectivity index (χ0v) is 8.98. The molecule has 0 bridgehead atoms. The Morgan fingerprint density at radius 3 is 1.83 bits per heavy atom. The predicted molar refractivity (Wildman–Crippen MR) is 58.0 cm³/mol. The van der Waals surface area contributed by atoms with Gasteiger partial charge in [-0.1, -0.05) is 18.2 Å². The topological polar surface area (TPSA) is 0 Å². The summed E-state index contributed by atoms with van der Waals surface area (Å²) in [7, 11) is 6.55. The lowest BCUT2D eigenvalue weighted by Crippen LogP contribution is -2.35. The molecule has 1 aromatic carbocycles. The van der Waals surface area contributed by atoms with Gasteiger partial charge in [-0.15, -0.1) is 12.4 Å². The number of para-hydroxylation sites is 1. The van der Waals surface area contributed by atoms with Crippen molar-refractivity contribution in [3.05, 3.63) is 29.8 Å². The monoisotopic (exact) mass is 186 g/mol. The molecule has 1 rings (SSSR count). The molecule has 0 aliphatic heterocycles. The molecule has 0 unspecified atom stereocenters. The van der Waals surface area contributed by atoms with Crippen LogP contribution in [0, 0.1) is 6.92 Å². The normalized spacial score (nSPS) is 10.7. The second kappa shape index (κ2) is 3.92. The Hall–Kier alpha value is -0.530. The maximum Gasteiger partial charge on any atom is 0.135 e. The third kappa shape index (κ3) is 2.50. The number of hydrogen-bond acceptors (Lipinski definition) is 0. The summed E-state index contributed by atoms with van der Waals surface area (Å²) < 4.78 is 0.896. The van der Waals surface area contributed by atoms with E-state index in [2.05, 4.69) is 52.3 Å². The Labute approximate surface area is 81.0 Å². The maximum absolute atomic E-state index is 2.18. The van der Waals surface area contributed by atoms with Crippen molar-refractivity contribution in [2.45, 2.75) is 6.92 Å². The summed E-state index contributed by atoms with van der Waals surface area (Å²) in [4.78, 5) is 0. The third-order valence-electron chi connectivity index (χ3n) is 1.84. The zero-order chi connectivity index (χ0) is 8.48. The van der Waals surface area contributed by atoms with Crippen LogP contribution in [0.1, 0.15) is 5.56 Å². The molecule has 0 saturated carbocycles. The minimum absolute atomic E-state index is 0. The van der Waals surface area contributed by atoms with Crippen molar-refractivity contribution < 1.29 is 0 Å². The molecule has 0 amide bonds. The Balaban J connectivity index is 0.00000121. The molecule has 1 nitrogen and oxygen atoms in total. The average molecular weight is 187 g/mol. The van der Waals surface area contributed by atoms with Gasteiger partial charge in [-0.3, -0.25) is 4.48 Å². The van der Waals surface area contributed by atoms with Crippen LogP contribution in [0.2, 0.25) is 0 Å². The van der Waals surface area contributed by atoms with Crippen LogP contribution in [0.4, 0.5) is 5.69 Å². The second-order valence-corrected chi connectivity index (χ2v) is 3.80. The highest BCUT2D eigenvalue weighted by atomic mass is 35.5. The predicted octanol–water partition coefficient (Wildman–Crippen LogP) is 2.61. The van der Waals surface area contributed by atoms with Crippen LogP contribution >= 0.6 is 12.4 Å². The molecule has 0 aliphatic rings. The van der Waals surface area contributed by atoms with Crippen LogP contribution in [0.15, 0.2) is 24.3 Å². The number of halogens is 1. The highest BCUT2D eigenvalue weighted by molar-refractivity contribution is 5.85. The summed E-state index contributed by atoms with van der Waals surface area (Å²) in [6, 6.07) is 8.49. The van der Waals surface area contributed by atoms with E-state index in [0.717, 1.165) is 4.48 Å².